The first-order chi connectivity index (χ1) is 9.15. The minimum Gasteiger partial charge on any atom is -0.256 e. The van der Waals surface area contributed by atoms with Crippen molar-refractivity contribution in [2.24, 2.45) is 0 Å². The molecule has 3 aromatic rings. The Balaban J connectivity index is 2.22. The fraction of sp³-hybridized carbons (Fsp3) is 0.133. The second kappa shape index (κ2) is 4.39. The Morgan fingerprint density at radius 2 is 1.89 bits per heavy atom. The molecule has 19 heavy (non-hydrogen) atoms. The molecular formula is C15H12FN3. The zero-order chi connectivity index (χ0) is 13.4. The Labute approximate surface area is 110 Å². The van der Waals surface area contributed by atoms with Crippen molar-refractivity contribution in [3.8, 4) is 11.3 Å². The fourth-order valence-corrected chi connectivity index (χ4v) is 2.04. The summed E-state index contributed by atoms with van der Waals surface area (Å²) in [4.78, 5) is 4.33. The summed E-state index contributed by atoms with van der Waals surface area (Å²) in [6.45, 7) is 3.98. The van der Waals surface area contributed by atoms with Gasteiger partial charge in [-0.3, -0.25) is 4.98 Å². The molecule has 3 nitrogen and oxygen atoms in total. The van der Waals surface area contributed by atoms with Crippen LogP contribution in [-0.4, -0.2) is 15.2 Å². The number of halogens is 1. The van der Waals surface area contributed by atoms with E-state index in [9.17, 15) is 4.39 Å². The summed E-state index contributed by atoms with van der Waals surface area (Å²) in [7, 11) is 0. The summed E-state index contributed by atoms with van der Waals surface area (Å²) in [5.41, 5.74) is 4.55. The predicted molar refractivity (Wildman–Crippen MR) is 72.2 cm³/mol. The molecular weight excluding hydrogens is 241 g/mol. The minimum absolute atomic E-state index is 0.265. The van der Waals surface area contributed by atoms with Gasteiger partial charge in [0.2, 0.25) is 0 Å². The molecule has 0 N–H and O–H groups in total. The molecule has 0 fully saturated rings. The molecule has 94 valence electrons. The van der Waals surface area contributed by atoms with E-state index in [1.54, 1.807) is 18.5 Å². The van der Waals surface area contributed by atoms with Gasteiger partial charge in [0, 0.05) is 17.1 Å². The van der Waals surface area contributed by atoms with Gasteiger partial charge in [-0.15, -0.1) is 0 Å². The predicted octanol–water partition coefficient (Wildman–Crippen LogP) is 3.45. The molecule has 0 spiro atoms. The molecule has 0 amide bonds. The Bertz CT molecular complexity index is 768. The van der Waals surface area contributed by atoms with E-state index in [0.29, 0.717) is 0 Å². The third-order valence-electron chi connectivity index (χ3n) is 3.27. The Morgan fingerprint density at radius 3 is 2.74 bits per heavy atom. The van der Waals surface area contributed by atoms with Crippen LogP contribution >= 0.6 is 0 Å². The van der Waals surface area contributed by atoms with Gasteiger partial charge in [0.25, 0.3) is 0 Å². The second-order valence-corrected chi connectivity index (χ2v) is 4.56. The van der Waals surface area contributed by atoms with Gasteiger partial charge < -0.3 is 0 Å². The quantitative estimate of drug-likeness (QED) is 0.666. The highest BCUT2D eigenvalue weighted by atomic mass is 19.1. The lowest BCUT2D eigenvalue weighted by molar-refractivity contribution is 0.629. The van der Waals surface area contributed by atoms with Crippen LogP contribution < -0.4 is 0 Å². The average molecular weight is 253 g/mol. The average Bonchev–Trinajstić information content (AvgIpc) is 2.41. The number of rotatable bonds is 1. The SMILES string of the molecule is Cc1cnnc(-c2cnc3ccc(F)cc3c2)c1C. The van der Waals surface area contributed by atoms with Crippen LogP contribution in [0.5, 0.6) is 0 Å². The molecule has 2 heterocycles. The van der Waals surface area contributed by atoms with Gasteiger partial charge >= 0.3 is 0 Å². The number of aromatic nitrogens is 3. The van der Waals surface area contributed by atoms with Gasteiger partial charge in [0.05, 0.1) is 17.4 Å². The van der Waals surface area contributed by atoms with Crippen molar-refractivity contribution in [3.63, 3.8) is 0 Å². The third-order valence-corrected chi connectivity index (χ3v) is 3.27. The molecule has 0 atom stereocenters. The van der Waals surface area contributed by atoms with E-state index in [2.05, 4.69) is 15.2 Å². The van der Waals surface area contributed by atoms with Gasteiger partial charge in [-0.1, -0.05) is 0 Å². The highest BCUT2D eigenvalue weighted by Gasteiger charge is 2.08. The van der Waals surface area contributed by atoms with Crippen LogP contribution in [0.25, 0.3) is 22.2 Å². The molecule has 0 aliphatic rings. The van der Waals surface area contributed by atoms with Crippen LogP contribution in [-0.2, 0) is 0 Å². The van der Waals surface area contributed by atoms with E-state index in [0.717, 1.165) is 33.3 Å². The van der Waals surface area contributed by atoms with Crippen LogP contribution in [0, 0.1) is 19.7 Å². The van der Waals surface area contributed by atoms with Crippen LogP contribution in [0.1, 0.15) is 11.1 Å². The second-order valence-electron chi connectivity index (χ2n) is 4.56. The molecule has 0 unspecified atom stereocenters. The van der Waals surface area contributed by atoms with Gasteiger partial charge in [-0.05, 0) is 49.2 Å². The van der Waals surface area contributed by atoms with E-state index in [1.165, 1.54) is 12.1 Å². The molecule has 0 bridgehead atoms. The van der Waals surface area contributed by atoms with E-state index < -0.39 is 0 Å². The molecule has 3 rings (SSSR count). The van der Waals surface area contributed by atoms with Gasteiger partial charge in [0.1, 0.15) is 5.82 Å². The third kappa shape index (κ3) is 2.05. The normalized spacial score (nSPS) is 10.9. The van der Waals surface area contributed by atoms with Crippen LogP contribution in [0.4, 0.5) is 4.39 Å². The topological polar surface area (TPSA) is 38.7 Å². The van der Waals surface area contributed by atoms with Crippen molar-refractivity contribution in [2.75, 3.05) is 0 Å². The molecule has 0 aliphatic carbocycles. The van der Waals surface area contributed by atoms with Crippen molar-refractivity contribution >= 4 is 10.9 Å². The lowest BCUT2D eigenvalue weighted by Crippen LogP contribution is -1.95. The number of hydrogen-bond donors (Lipinski definition) is 0. The number of benzene rings is 1. The lowest BCUT2D eigenvalue weighted by Gasteiger charge is -2.07. The van der Waals surface area contributed by atoms with E-state index in [4.69, 9.17) is 0 Å². The summed E-state index contributed by atoms with van der Waals surface area (Å²) < 4.78 is 13.3. The van der Waals surface area contributed by atoms with Crippen LogP contribution in [0.15, 0.2) is 36.7 Å². The van der Waals surface area contributed by atoms with E-state index in [1.807, 2.05) is 19.9 Å². The number of hydrogen-bond acceptors (Lipinski definition) is 3. The van der Waals surface area contributed by atoms with Crippen molar-refractivity contribution in [2.45, 2.75) is 13.8 Å². The summed E-state index contributed by atoms with van der Waals surface area (Å²) in [6.07, 6.45) is 3.48. The summed E-state index contributed by atoms with van der Waals surface area (Å²) in [6, 6.07) is 6.45. The molecule has 0 saturated carbocycles. The fourth-order valence-electron chi connectivity index (χ4n) is 2.04. The van der Waals surface area contributed by atoms with Crippen molar-refractivity contribution < 1.29 is 4.39 Å². The molecule has 2 aromatic heterocycles. The zero-order valence-electron chi connectivity index (χ0n) is 10.7. The Morgan fingerprint density at radius 1 is 1.05 bits per heavy atom. The lowest BCUT2D eigenvalue weighted by atomic mass is 10.0. The largest absolute Gasteiger partial charge is 0.256 e. The standard InChI is InChI=1S/C15H12FN3/c1-9-7-18-19-15(10(9)2)12-5-11-6-13(16)3-4-14(11)17-8-12/h3-8H,1-2H3. The smallest absolute Gasteiger partial charge is 0.123 e. The first-order valence-electron chi connectivity index (χ1n) is 6.00. The first kappa shape index (κ1) is 11.7. The summed E-state index contributed by atoms with van der Waals surface area (Å²) in [5, 5.41) is 8.89. The van der Waals surface area contributed by atoms with Gasteiger partial charge in [-0.2, -0.15) is 10.2 Å². The summed E-state index contributed by atoms with van der Waals surface area (Å²) >= 11 is 0. The minimum atomic E-state index is -0.265. The number of aryl methyl sites for hydroxylation is 1. The number of pyridine rings is 1. The molecule has 4 heteroatoms. The van der Waals surface area contributed by atoms with Crippen molar-refractivity contribution in [1.82, 2.24) is 15.2 Å². The zero-order valence-corrected chi connectivity index (χ0v) is 10.7. The maximum absolute atomic E-state index is 13.3. The number of fused-ring (bicyclic) bond motifs is 1. The Kier molecular flexibility index (Phi) is 2.71. The molecule has 1 aromatic carbocycles. The van der Waals surface area contributed by atoms with Crippen molar-refractivity contribution in [1.29, 1.82) is 0 Å². The molecule has 0 aliphatic heterocycles. The number of nitrogens with zero attached hydrogens (tertiary/aromatic N) is 3. The van der Waals surface area contributed by atoms with Gasteiger partial charge in [0.15, 0.2) is 0 Å². The highest BCUT2D eigenvalue weighted by molar-refractivity contribution is 5.83. The van der Waals surface area contributed by atoms with E-state index >= 15 is 0 Å². The Hall–Kier alpha value is -2.36. The summed E-state index contributed by atoms with van der Waals surface area (Å²) in [5.74, 6) is -0.265. The van der Waals surface area contributed by atoms with Crippen molar-refractivity contribution in [3.05, 3.63) is 53.6 Å². The monoisotopic (exact) mass is 253 g/mol. The maximum atomic E-state index is 13.3. The van der Waals surface area contributed by atoms with Crippen LogP contribution in [0.2, 0.25) is 0 Å². The highest BCUT2D eigenvalue weighted by Crippen LogP contribution is 2.24. The molecule has 0 radical (unpaired) electrons. The van der Waals surface area contributed by atoms with Crippen LogP contribution in [0.3, 0.4) is 0 Å². The molecule has 0 saturated heterocycles. The van der Waals surface area contributed by atoms with E-state index in [-0.39, 0.29) is 5.82 Å². The van der Waals surface area contributed by atoms with Gasteiger partial charge in [-0.25, -0.2) is 4.39 Å². The maximum Gasteiger partial charge on any atom is 0.123 e. The first-order valence-corrected chi connectivity index (χ1v) is 6.00.